The van der Waals surface area contributed by atoms with Crippen molar-refractivity contribution in [1.29, 1.82) is 0 Å². The normalized spacial score (nSPS) is 16.6. The van der Waals surface area contributed by atoms with Crippen molar-refractivity contribution >= 4 is 28.2 Å². The minimum atomic E-state index is -0.00707. The number of aryl methyl sites for hydroxylation is 1. The average molecular weight is 267 g/mol. The Morgan fingerprint density at radius 1 is 1.39 bits per heavy atom. The van der Waals surface area contributed by atoms with Gasteiger partial charge in [0.15, 0.2) is 10.9 Å². The van der Waals surface area contributed by atoms with E-state index in [1.807, 2.05) is 0 Å². The Labute approximate surface area is 110 Å². The van der Waals surface area contributed by atoms with E-state index in [0.29, 0.717) is 15.7 Å². The van der Waals surface area contributed by atoms with Gasteiger partial charge in [0.05, 0.1) is 10.6 Å². The fourth-order valence-corrected chi connectivity index (χ4v) is 2.93. The summed E-state index contributed by atoms with van der Waals surface area (Å²) in [4.78, 5) is 28.2. The van der Waals surface area contributed by atoms with Crippen molar-refractivity contribution in [3.8, 4) is 0 Å². The summed E-state index contributed by atoms with van der Waals surface area (Å²) in [6.07, 6.45) is 1.71. The molecule has 1 fully saturated rings. The SMILES string of the molecule is CC(=O)c1sc(NC(=O)C2CCNCC2)nc1C. The lowest BCUT2D eigenvalue weighted by Gasteiger charge is -2.20. The first-order valence-electron chi connectivity index (χ1n) is 6.08. The second-order valence-corrected chi connectivity index (χ2v) is 5.50. The van der Waals surface area contributed by atoms with Crippen LogP contribution < -0.4 is 10.6 Å². The molecule has 2 N–H and O–H groups in total. The molecule has 1 aliphatic heterocycles. The summed E-state index contributed by atoms with van der Waals surface area (Å²) in [7, 11) is 0. The monoisotopic (exact) mass is 267 g/mol. The Balaban J connectivity index is 2.02. The van der Waals surface area contributed by atoms with Crippen molar-refractivity contribution in [2.75, 3.05) is 18.4 Å². The third-order valence-corrected chi connectivity index (χ3v) is 4.23. The molecule has 0 saturated carbocycles. The summed E-state index contributed by atoms with van der Waals surface area (Å²) in [5.41, 5.74) is 0.688. The van der Waals surface area contributed by atoms with Gasteiger partial charge in [0.1, 0.15) is 0 Å². The van der Waals surface area contributed by atoms with E-state index in [9.17, 15) is 9.59 Å². The fraction of sp³-hybridized carbons (Fsp3) is 0.583. The molecule has 1 amide bonds. The van der Waals surface area contributed by atoms with Gasteiger partial charge in [-0.15, -0.1) is 0 Å². The van der Waals surface area contributed by atoms with Crippen molar-refractivity contribution in [3.63, 3.8) is 0 Å². The molecule has 0 bridgehead atoms. The first kappa shape index (κ1) is 13.2. The molecular weight excluding hydrogens is 250 g/mol. The van der Waals surface area contributed by atoms with Crippen molar-refractivity contribution in [2.24, 2.45) is 5.92 Å². The van der Waals surface area contributed by atoms with Gasteiger partial charge in [0, 0.05) is 12.8 Å². The van der Waals surface area contributed by atoms with E-state index < -0.39 is 0 Å². The number of anilines is 1. The number of thiazole rings is 1. The molecule has 0 unspecified atom stereocenters. The minimum Gasteiger partial charge on any atom is -0.317 e. The predicted molar refractivity (Wildman–Crippen MR) is 71.1 cm³/mol. The van der Waals surface area contributed by atoms with Crippen LogP contribution in [-0.2, 0) is 4.79 Å². The van der Waals surface area contributed by atoms with Crippen LogP contribution in [-0.4, -0.2) is 29.8 Å². The van der Waals surface area contributed by atoms with Gasteiger partial charge in [-0.1, -0.05) is 11.3 Å². The van der Waals surface area contributed by atoms with Gasteiger partial charge in [-0.3, -0.25) is 9.59 Å². The molecule has 1 aromatic heterocycles. The zero-order chi connectivity index (χ0) is 13.1. The molecule has 6 heteroatoms. The van der Waals surface area contributed by atoms with Crippen LogP contribution in [0.4, 0.5) is 5.13 Å². The van der Waals surface area contributed by atoms with Gasteiger partial charge in [0.2, 0.25) is 5.91 Å². The molecule has 0 radical (unpaired) electrons. The number of aromatic nitrogens is 1. The van der Waals surface area contributed by atoms with Gasteiger partial charge >= 0.3 is 0 Å². The highest BCUT2D eigenvalue weighted by Gasteiger charge is 2.22. The van der Waals surface area contributed by atoms with E-state index in [4.69, 9.17) is 0 Å². The maximum Gasteiger partial charge on any atom is 0.229 e. The molecular formula is C12H17N3O2S. The number of carbonyl (C=O) groups is 2. The van der Waals surface area contributed by atoms with Crippen LogP contribution in [0.25, 0.3) is 0 Å². The molecule has 18 heavy (non-hydrogen) atoms. The zero-order valence-corrected chi connectivity index (χ0v) is 11.4. The molecule has 1 aliphatic rings. The maximum absolute atomic E-state index is 12.0. The molecule has 98 valence electrons. The molecule has 0 aromatic carbocycles. The number of amides is 1. The topological polar surface area (TPSA) is 71.1 Å². The molecule has 0 spiro atoms. The van der Waals surface area contributed by atoms with E-state index in [0.717, 1.165) is 25.9 Å². The van der Waals surface area contributed by atoms with Gasteiger partial charge in [-0.05, 0) is 32.9 Å². The third kappa shape index (κ3) is 2.94. The second kappa shape index (κ2) is 5.58. The molecule has 0 aliphatic carbocycles. The number of Topliss-reactive ketones (excluding diaryl/α,β-unsaturated/α-hetero) is 1. The van der Waals surface area contributed by atoms with E-state index in [-0.39, 0.29) is 17.6 Å². The lowest BCUT2D eigenvalue weighted by molar-refractivity contribution is -0.120. The van der Waals surface area contributed by atoms with Crippen molar-refractivity contribution < 1.29 is 9.59 Å². The molecule has 5 nitrogen and oxygen atoms in total. The zero-order valence-electron chi connectivity index (χ0n) is 10.6. The number of nitrogens with zero attached hydrogens (tertiary/aromatic N) is 1. The molecule has 1 saturated heterocycles. The van der Waals surface area contributed by atoms with E-state index in [1.54, 1.807) is 6.92 Å². The summed E-state index contributed by atoms with van der Waals surface area (Å²) < 4.78 is 0. The average Bonchev–Trinajstić information content (AvgIpc) is 2.71. The van der Waals surface area contributed by atoms with Gasteiger partial charge in [0.25, 0.3) is 0 Å². The van der Waals surface area contributed by atoms with Gasteiger partial charge < -0.3 is 10.6 Å². The number of nitrogens with one attached hydrogen (secondary N) is 2. The Kier molecular flexibility index (Phi) is 4.08. The van der Waals surface area contributed by atoms with Gasteiger partial charge in [-0.25, -0.2) is 4.98 Å². The summed E-state index contributed by atoms with van der Waals surface area (Å²) in [5, 5.41) is 6.57. The van der Waals surface area contributed by atoms with Crippen LogP contribution in [0, 0.1) is 12.8 Å². The highest BCUT2D eigenvalue weighted by Crippen LogP contribution is 2.24. The summed E-state index contributed by atoms with van der Waals surface area (Å²) in [5.74, 6) is 0.0592. The number of carbonyl (C=O) groups excluding carboxylic acids is 2. The molecule has 2 heterocycles. The smallest absolute Gasteiger partial charge is 0.229 e. The van der Waals surface area contributed by atoms with Crippen LogP contribution in [0.5, 0.6) is 0 Å². The Morgan fingerprint density at radius 2 is 2.06 bits per heavy atom. The van der Waals surface area contributed by atoms with Crippen LogP contribution in [0.3, 0.4) is 0 Å². The summed E-state index contributed by atoms with van der Waals surface area (Å²) >= 11 is 1.25. The summed E-state index contributed by atoms with van der Waals surface area (Å²) in [6, 6.07) is 0. The van der Waals surface area contributed by atoms with Crippen LogP contribution in [0.15, 0.2) is 0 Å². The van der Waals surface area contributed by atoms with Gasteiger partial charge in [-0.2, -0.15) is 0 Å². The maximum atomic E-state index is 12.0. The minimum absolute atomic E-state index is 0.00707. The van der Waals surface area contributed by atoms with E-state index >= 15 is 0 Å². The Hall–Kier alpha value is -1.27. The molecule has 0 atom stereocenters. The number of hydrogen-bond acceptors (Lipinski definition) is 5. The largest absolute Gasteiger partial charge is 0.317 e. The Morgan fingerprint density at radius 3 is 2.61 bits per heavy atom. The highest BCUT2D eigenvalue weighted by atomic mass is 32.1. The van der Waals surface area contributed by atoms with E-state index in [1.165, 1.54) is 18.3 Å². The first-order valence-corrected chi connectivity index (χ1v) is 6.89. The third-order valence-electron chi connectivity index (χ3n) is 3.06. The number of rotatable bonds is 3. The Bertz CT molecular complexity index is 464. The van der Waals surface area contributed by atoms with Crippen LogP contribution >= 0.6 is 11.3 Å². The number of piperidine rings is 1. The lowest BCUT2D eigenvalue weighted by atomic mass is 9.97. The van der Waals surface area contributed by atoms with Crippen molar-refractivity contribution in [2.45, 2.75) is 26.7 Å². The second-order valence-electron chi connectivity index (χ2n) is 4.50. The highest BCUT2D eigenvalue weighted by molar-refractivity contribution is 7.17. The number of hydrogen-bond donors (Lipinski definition) is 2. The molecule has 2 rings (SSSR count). The summed E-state index contributed by atoms with van der Waals surface area (Å²) in [6.45, 7) is 5.06. The van der Waals surface area contributed by atoms with Crippen LogP contribution in [0.1, 0.15) is 35.1 Å². The molecule has 1 aromatic rings. The predicted octanol–water partition coefficient (Wildman–Crippen LogP) is 1.59. The number of ketones is 1. The fourth-order valence-electron chi connectivity index (χ4n) is 2.07. The quantitative estimate of drug-likeness (QED) is 0.816. The first-order chi connectivity index (χ1) is 8.58. The van der Waals surface area contributed by atoms with Crippen molar-refractivity contribution in [3.05, 3.63) is 10.6 Å². The standard InChI is InChI=1S/C12H17N3O2S/c1-7-10(8(2)16)18-12(14-7)15-11(17)9-3-5-13-6-4-9/h9,13H,3-6H2,1-2H3,(H,14,15,17). The van der Waals surface area contributed by atoms with Crippen molar-refractivity contribution in [1.82, 2.24) is 10.3 Å². The lowest BCUT2D eigenvalue weighted by Crippen LogP contribution is -2.34. The van der Waals surface area contributed by atoms with Crippen LogP contribution in [0.2, 0.25) is 0 Å². The van der Waals surface area contributed by atoms with E-state index in [2.05, 4.69) is 15.6 Å².